The number of likely N-dealkylation sites (tertiary alicyclic amines) is 1. The number of nitrogens with one attached hydrogen (secondary N) is 2. The van der Waals surface area contributed by atoms with E-state index in [0.717, 1.165) is 25.1 Å². The van der Waals surface area contributed by atoms with Gasteiger partial charge in [0.05, 0.1) is 13.7 Å². The maximum Gasteiger partial charge on any atom is 0.222 e. The number of halogens is 1. The molecule has 0 aromatic heterocycles. The first-order valence-electron chi connectivity index (χ1n) is 8.72. The first-order valence-corrected chi connectivity index (χ1v) is 8.72. The highest BCUT2D eigenvalue weighted by Gasteiger charge is 2.25. The zero-order chi connectivity index (χ0) is 18.2. The molecule has 1 aliphatic rings. The van der Waals surface area contributed by atoms with Gasteiger partial charge in [0.1, 0.15) is 0 Å². The summed E-state index contributed by atoms with van der Waals surface area (Å²) in [7, 11) is 1.44. The van der Waals surface area contributed by atoms with Crippen molar-refractivity contribution in [3.63, 3.8) is 0 Å². The number of benzene rings is 1. The Balaban J connectivity index is 1.97. The molecule has 1 atom stereocenters. The lowest BCUT2D eigenvalue weighted by Crippen LogP contribution is -2.45. The minimum absolute atomic E-state index is 0.181. The molecule has 2 rings (SSSR count). The van der Waals surface area contributed by atoms with Gasteiger partial charge in [-0.3, -0.25) is 4.79 Å². The highest BCUT2D eigenvalue weighted by atomic mass is 19.1. The number of carbonyl (C=O) groups excluding carboxylic acids is 1. The van der Waals surface area contributed by atoms with Crippen molar-refractivity contribution in [2.24, 2.45) is 4.99 Å². The van der Waals surface area contributed by atoms with Crippen LogP contribution in [0.2, 0.25) is 0 Å². The number of hydrogen-bond donors (Lipinski definition) is 2. The summed E-state index contributed by atoms with van der Waals surface area (Å²) < 4.78 is 18.7. The third-order valence-corrected chi connectivity index (χ3v) is 4.16. The molecular formula is C18H27FN4O2. The van der Waals surface area contributed by atoms with Gasteiger partial charge in [-0.15, -0.1) is 0 Å². The Labute approximate surface area is 148 Å². The van der Waals surface area contributed by atoms with Crippen molar-refractivity contribution in [1.29, 1.82) is 0 Å². The van der Waals surface area contributed by atoms with Gasteiger partial charge in [0, 0.05) is 32.1 Å². The van der Waals surface area contributed by atoms with Gasteiger partial charge in [-0.2, -0.15) is 0 Å². The summed E-state index contributed by atoms with van der Waals surface area (Å²) in [6, 6.07) is 5.02. The fraction of sp³-hybridized carbons (Fsp3) is 0.556. The maximum atomic E-state index is 13.8. The molecule has 0 spiro atoms. The standard InChI is InChI=1S/C18H27FN4O2/c1-4-17(24)23-9-8-14(12-23)22-18(20-5-2)21-11-13-6-7-16(25-3)15(19)10-13/h6-7,10,14H,4-5,8-9,11-12H2,1-3H3,(H2,20,21,22). The quantitative estimate of drug-likeness (QED) is 0.607. The lowest BCUT2D eigenvalue weighted by Gasteiger charge is -2.18. The summed E-state index contributed by atoms with van der Waals surface area (Å²) >= 11 is 0. The number of amides is 1. The summed E-state index contributed by atoms with van der Waals surface area (Å²) in [6.07, 6.45) is 1.43. The van der Waals surface area contributed by atoms with Crippen LogP contribution >= 0.6 is 0 Å². The van der Waals surface area contributed by atoms with E-state index in [1.807, 2.05) is 18.7 Å². The number of nitrogens with zero attached hydrogens (tertiary/aromatic N) is 2. The van der Waals surface area contributed by atoms with Crippen LogP contribution in [0.4, 0.5) is 4.39 Å². The van der Waals surface area contributed by atoms with Crippen LogP contribution in [-0.4, -0.2) is 49.6 Å². The first-order chi connectivity index (χ1) is 12.1. The Kier molecular flexibility index (Phi) is 7.03. The Morgan fingerprint density at radius 1 is 1.44 bits per heavy atom. The molecule has 1 fully saturated rings. The molecule has 0 aliphatic carbocycles. The predicted octanol–water partition coefficient (Wildman–Crippen LogP) is 1.90. The van der Waals surface area contributed by atoms with Gasteiger partial charge < -0.3 is 20.3 Å². The summed E-state index contributed by atoms with van der Waals surface area (Å²) in [6.45, 7) is 6.42. The van der Waals surface area contributed by atoms with Crippen LogP contribution in [0.5, 0.6) is 5.75 Å². The van der Waals surface area contributed by atoms with E-state index < -0.39 is 5.82 Å². The van der Waals surface area contributed by atoms with Crippen LogP contribution < -0.4 is 15.4 Å². The van der Waals surface area contributed by atoms with Crippen molar-refractivity contribution < 1.29 is 13.9 Å². The average molecular weight is 350 g/mol. The third kappa shape index (κ3) is 5.34. The second-order valence-corrected chi connectivity index (χ2v) is 5.99. The Morgan fingerprint density at radius 2 is 2.24 bits per heavy atom. The van der Waals surface area contributed by atoms with Crippen LogP contribution in [0.15, 0.2) is 23.2 Å². The van der Waals surface area contributed by atoms with E-state index >= 15 is 0 Å². The van der Waals surface area contributed by atoms with Crippen molar-refractivity contribution in [3.8, 4) is 5.75 Å². The molecule has 2 N–H and O–H groups in total. The Morgan fingerprint density at radius 3 is 2.88 bits per heavy atom. The van der Waals surface area contributed by atoms with Crippen molar-refractivity contribution in [2.75, 3.05) is 26.7 Å². The molecule has 1 unspecified atom stereocenters. The monoisotopic (exact) mass is 350 g/mol. The van der Waals surface area contributed by atoms with Crippen LogP contribution in [0.25, 0.3) is 0 Å². The summed E-state index contributed by atoms with van der Waals surface area (Å²) in [4.78, 5) is 18.2. The number of aliphatic imine (C=N–C) groups is 1. The number of guanidine groups is 1. The molecule has 1 heterocycles. The number of methoxy groups -OCH3 is 1. The SMILES string of the molecule is CCNC(=NCc1ccc(OC)c(F)c1)NC1CCN(C(=O)CC)C1. The van der Waals surface area contributed by atoms with Crippen LogP contribution in [0.3, 0.4) is 0 Å². The van der Waals surface area contributed by atoms with E-state index in [4.69, 9.17) is 4.74 Å². The molecule has 7 heteroatoms. The molecule has 1 aromatic carbocycles. The topological polar surface area (TPSA) is 66.0 Å². The highest BCUT2D eigenvalue weighted by Crippen LogP contribution is 2.18. The van der Waals surface area contributed by atoms with Crippen molar-refractivity contribution in [1.82, 2.24) is 15.5 Å². The molecule has 6 nitrogen and oxygen atoms in total. The molecule has 25 heavy (non-hydrogen) atoms. The Hall–Kier alpha value is -2.31. The second-order valence-electron chi connectivity index (χ2n) is 5.99. The zero-order valence-corrected chi connectivity index (χ0v) is 15.1. The third-order valence-electron chi connectivity index (χ3n) is 4.16. The molecule has 0 saturated carbocycles. The van der Waals surface area contributed by atoms with E-state index in [2.05, 4.69) is 15.6 Å². The molecule has 1 amide bonds. The number of carbonyl (C=O) groups is 1. The largest absolute Gasteiger partial charge is 0.494 e. The fourth-order valence-electron chi connectivity index (χ4n) is 2.82. The van der Waals surface area contributed by atoms with Gasteiger partial charge in [-0.1, -0.05) is 13.0 Å². The van der Waals surface area contributed by atoms with Gasteiger partial charge in [0.15, 0.2) is 17.5 Å². The maximum absolute atomic E-state index is 13.8. The normalized spacial score (nSPS) is 17.5. The molecule has 0 radical (unpaired) electrons. The number of rotatable bonds is 6. The van der Waals surface area contributed by atoms with Crippen LogP contribution in [0.1, 0.15) is 32.3 Å². The van der Waals surface area contributed by atoms with E-state index in [1.54, 1.807) is 12.1 Å². The minimum Gasteiger partial charge on any atom is -0.494 e. The highest BCUT2D eigenvalue weighted by molar-refractivity contribution is 5.80. The van der Waals surface area contributed by atoms with Gasteiger partial charge in [0.2, 0.25) is 5.91 Å². The van der Waals surface area contributed by atoms with E-state index in [1.165, 1.54) is 13.2 Å². The summed E-state index contributed by atoms with van der Waals surface area (Å²) in [5.41, 5.74) is 0.768. The van der Waals surface area contributed by atoms with Gasteiger partial charge in [-0.05, 0) is 31.0 Å². The molecule has 1 aliphatic heterocycles. The van der Waals surface area contributed by atoms with E-state index in [0.29, 0.717) is 25.5 Å². The van der Waals surface area contributed by atoms with E-state index in [9.17, 15) is 9.18 Å². The lowest BCUT2D eigenvalue weighted by atomic mass is 10.2. The van der Waals surface area contributed by atoms with Gasteiger partial charge in [0.25, 0.3) is 0 Å². The summed E-state index contributed by atoms with van der Waals surface area (Å²) in [5, 5.41) is 6.55. The average Bonchev–Trinajstić information content (AvgIpc) is 3.08. The number of hydrogen-bond acceptors (Lipinski definition) is 3. The van der Waals surface area contributed by atoms with Crippen LogP contribution in [-0.2, 0) is 11.3 Å². The molecule has 0 bridgehead atoms. The summed E-state index contributed by atoms with van der Waals surface area (Å²) in [5.74, 6) is 0.691. The van der Waals surface area contributed by atoms with E-state index in [-0.39, 0.29) is 17.7 Å². The smallest absolute Gasteiger partial charge is 0.222 e. The molecule has 138 valence electrons. The fourth-order valence-corrected chi connectivity index (χ4v) is 2.82. The molecular weight excluding hydrogens is 323 g/mol. The van der Waals surface area contributed by atoms with Crippen molar-refractivity contribution in [3.05, 3.63) is 29.6 Å². The van der Waals surface area contributed by atoms with Gasteiger partial charge >= 0.3 is 0 Å². The van der Waals surface area contributed by atoms with Crippen LogP contribution in [0, 0.1) is 5.82 Å². The first kappa shape index (κ1) is 19.0. The molecule has 1 saturated heterocycles. The number of ether oxygens (including phenoxy) is 1. The predicted molar refractivity (Wildman–Crippen MR) is 96.2 cm³/mol. The second kappa shape index (κ2) is 9.25. The Bertz CT molecular complexity index is 621. The van der Waals surface area contributed by atoms with Crippen molar-refractivity contribution in [2.45, 2.75) is 39.3 Å². The molecule has 1 aromatic rings. The van der Waals surface area contributed by atoms with Gasteiger partial charge in [-0.25, -0.2) is 9.38 Å². The minimum atomic E-state index is -0.391. The zero-order valence-electron chi connectivity index (χ0n) is 15.1. The van der Waals surface area contributed by atoms with Crippen molar-refractivity contribution >= 4 is 11.9 Å². The lowest BCUT2D eigenvalue weighted by molar-refractivity contribution is -0.129.